The monoisotopic (exact) mass is 262 g/mol. The van der Waals surface area contributed by atoms with Gasteiger partial charge in [0.15, 0.2) is 0 Å². The van der Waals surface area contributed by atoms with E-state index in [4.69, 9.17) is 6.42 Å². The average Bonchev–Trinajstić information content (AvgIpc) is 2.52. The van der Waals surface area contributed by atoms with Crippen LogP contribution in [0.5, 0.6) is 0 Å². The molecular weight excluding hydrogens is 244 g/mol. The summed E-state index contributed by atoms with van der Waals surface area (Å²) in [6, 6.07) is 14.2. The minimum Gasteiger partial charge on any atom is -0.385 e. The molecule has 100 valence electrons. The summed E-state index contributed by atoms with van der Waals surface area (Å²) in [6.45, 7) is 4.86. The van der Waals surface area contributed by atoms with Gasteiger partial charge in [-0.2, -0.15) is 0 Å². The number of nitrogens with zero attached hydrogens (tertiary/aromatic N) is 1. The first kappa shape index (κ1) is 13.9. The molecule has 0 radical (unpaired) electrons. The lowest BCUT2D eigenvalue weighted by Crippen LogP contribution is -2.12. The second-order valence-electron chi connectivity index (χ2n) is 4.63. The fourth-order valence-corrected chi connectivity index (χ4v) is 1.85. The Hall–Kier alpha value is -2.53. The Balaban J connectivity index is 1.76. The molecule has 0 aliphatic rings. The Morgan fingerprint density at radius 3 is 2.65 bits per heavy atom. The molecule has 2 rings (SSSR count). The maximum absolute atomic E-state index is 5.30. The Morgan fingerprint density at radius 2 is 2.00 bits per heavy atom. The van der Waals surface area contributed by atoms with Crippen molar-refractivity contribution in [3.8, 4) is 12.3 Å². The number of benzene rings is 1. The lowest BCUT2D eigenvalue weighted by Gasteiger charge is -2.09. The Kier molecular flexibility index (Phi) is 4.97. The van der Waals surface area contributed by atoms with Gasteiger partial charge in [-0.1, -0.05) is 42.8 Å². The molecule has 0 atom stereocenters. The van der Waals surface area contributed by atoms with Gasteiger partial charge in [0.25, 0.3) is 0 Å². The molecular formula is C18H18N2. The zero-order valence-corrected chi connectivity index (χ0v) is 11.5. The molecule has 0 amide bonds. The van der Waals surface area contributed by atoms with Gasteiger partial charge in [-0.3, -0.25) is 4.98 Å². The fraction of sp³-hybridized carbons (Fsp3) is 0.167. The third kappa shape index (κ3) is 4.29. The third-order valence-corrected chi connectivity index (χ3v) is 3.06. The van der Waals surface area contributed by atoms with Crippen molar-refractivity contribution in [3.05, 3.63) is 77.8 Å². The number of aryl methyl sites for hydroxylation is 1. The van der Waals surface area contributed by atoms with E-state index in [0.717, 1.165) is 36.3 Å². The first-order chi connectivity index (χ1) is 9.78. The van der Waals surface area contributed by atoms with Gasteiger partial charge in [0.05, 0.1) is 0 Å². The van der Waals surface area contributed by atoms with Crippen LogP contribution in [0.4, 0.5) is 0 Å². The van der Waals surface area contributed by atoms with E-state index in [1.54, 1.807) is 6.20 Å². The predicted octanol–water partition coefficient (Wildman–Crippen LogP) is 3.30. The highest BCUT2D eigenvalue weighted by Crippen LogP contribution is 2.06. The first-order valence-corrected chi connectivity index (χ1v) is 6.65. The lowest BCUT2D eigenvalue weighted by atomic mass is 10.1. The number of hydrogen-bond donors (Lipinski definition) is 1. The van der Waals surface area contributed by atoms with E-state index in [1.807, 2.05) is 30.3 Å². The van der Waals surface area contributed by atoms with E-state index in [2.05, 4.69) is 34.9 Å². The standard InChI is InChI=1S/C18H18N2/c1-3-16-10-12-18(20-13-16)11-9-15(2)19-14-17-7-5-4-6-8-17/h1,4-8,10,12-13,19H,2,9,11,14H2. The van der Waals surface area contributed by atoms with Crippen LogP contribution in [0, 0.1) is 12.3 Å². The number of pyridine rings is 1. The molecule has 1 aromatic heterocycles. The summed E-state index contributed by atoms with van der Waals surface area (Å²) in [6.07, 6.45) is 8.77. The van der Waals surface area contributed by atoms with Crippen molar-refractivity contribution in [2.24, 2.45) is 0 Å². The summed E-state index contributed by atoms with van der Waals surface area (Å²) in [5.41, 5.74) is 4.13. The molecule has 1 N–H and O–H groups in total. The average molecular weight is 262 g/mol. The van der Waals surface area contributed by atoms with Crippen LogP contribution in [0.1, 0.15) is 23.2 Å². The van der Waals surface area contributed by atoms with Gasteiger partial charge in [0.1, 0.15) is 0 Å². The second kappa shape index (κ2) is 7.16. The summed E-state index contributed by atoms with van der Waals surface area (Å²) >= 11 is 0. The van der Waals surface area contributed by atoms with Gasteiger partial charge in [0, 0.05) is 29.7 Å². The molecule has 1 heterocycles. The van der Waals surface area contributed by atoms with E-state index < -0.39 is 0 Å². The molecule has 0 bridgehead atoms. The second-order valence-corrected chi connectivity index (χ2v) is 4.63. The van der Waals surface area contributed by atoms with Gasteiger partial charge in [-0.15, -0.1) is 6.42 Å². The van der Waals surface area contributed by atoms with E-state index >= 15 is 0 Å². The fourth-order valence-electron chi connectivity index (χ4n) is 1.85. The predicted molar refractivity (Wildman–Crippen MR) is 82.9 cm³/mol. The van der Waals surface area contributed by atoms with E-state index in [-0.39, 0.29) is 0 Å². The minimum absolute atomic E-state index is 0.809. The Labute approximate surface area is 120 Å². The van der Waals surface area contributed by atoms with Crippen molar-refractivity contribution in [2.45, 2.75) is 19.4 Å². The normalized spacial score (nSPS) is 9.75. The van der Waals surface area contributed by atoms with Crippen LogP contribution in [0.2, 0.25) is 0 Å². The van der Waals surface area contributed by atoms with Gasteiger partial charge in [0.2, 0.25) is 0 Å². The number of allylic oxidation sites excluding steroid dienone is 1. The first-order valence-electron chi connectivity index (χ1n) is 6.65. The summed E-state index contributed by atoms with van der Waals surface area (Å²) < 4.78 is 0. The van der Waals surface area contributed by atoms with Crippen LogP contribution in [0.15, 0.2) is 60.9 Å². The van der Waals surface area contributed by atoms with Crippen LogP contribution in [-0.2, 0) is 13.0 Å². The Bertz CT molecular complexity index is 592. The van der Waals surface area contributed by atoms with E-state index in [0.29, 0.717) is 0 Å². The summed E-state index contributed by atoms with van der Waals surface area (Å²) in [5, 5.41) is 3.34. The highest BCUT2D eigenvalue weighted by Gasteiger charge is 1.99. The highest BCUT2D eigenvalue weighted by atomic mass is 14.9. The number of terminal acetylenes is 1. The molecule has 0 aliphatic carbocycles. The van der Waals surface area contributed by atoms with E-state index in [9.17, 15) is 0 Å². The van der Waals surface area contributed by atoms with Crippen molar-refractivity contribution >= 4 is 0 Å². The van der Waals surface area contributed by atoms with Gasteiger partial charge in [-0.05, 0) is 30.5 Å². The quantitative estimate of drug-likeness (QED) is 0.808. The topological polar surface area (TPSA) is 24.9 Å². The molecule has 20 heavy (non-hydrogen) atoms. The van der Waals surface area contributed by atoms with Gasteiger partial charge in [-0.25, -0.2) is 0 Å². The number of nitrogens with one attached hydrogen (secondary N) is 1. The lowest BCUT2D eigenvalue weighted by molar-refractivity contribution is 0.743. The summed E-state index contributed by atoms with van der Waals surface area (Å²) in [4.78, 5) is 4.33. The molecule has 0 spiro atoms. The summed E-state index contributed by atoms with van der Waals surface area (Å²) in [5.74, 6) is 2.57. The SMILES string of the molecule is C#Cc1ccc(CCC(=C)NCc2ccccc2)nc1. The van der Waals surface area contributed by atoms with Gasteiger partial charge < -0.3 is 5.32 Å². The van der Waals surface area contributed by atoms with Crippen LogP contribution in [0.3, 0.4) is 0 Å². The molecule has 2 nitrogen and oxygen atoms in total. The molecule has 0 aliphatic heterocycles. The van der Waals surface area contributed by atoms with Crippen molar-refractivity contribution in [1.29, 1.82) is 0 Å². The van der Waals surface area contributed by atoms with Crippen molar-refractivity contribution in [1.82, 2.24) is 10.3 Å². The molecule has 0 unspecified atom stereocenters. The Morgan fingerprint density at radius 1 is 1.20 bits per heavy atom. The molecule has 0 saturated carbocycles. The van der Waals surface area contributed by atoms with Crippen molar-refractivity contribution in [2.75, 3.05) is 0 Å². The largest absolute Gasteiger partial charge is 0.385 e. The maximum Gasteiger partial charge on any atom is 0.0427 e. The zero-order valence-electron chi connectivity index (χ0n) is 11.5. The van der Waals surface area contributed by atoms with Crippen LogP contribution < -0.4 is 5.32 Å². The maximum atomic E-state index is 5.30. The van der Waals surface area contributed by atoms with Crippen molar-refractivity contribution < 1.29 is 0 Å². The third-order valence-electron chi connectivity index (χ3n) is 3.06. The molecule has 2 aromatic rings. The summed E-state index contributed by atoms with van der Waals surface area (Å²) in [7, 11) is 0. The van der Waals surface area contributed by atoms with Gasteiger partial charge >= 0.3 is 0 Å². The molecule has 1 aromatic carbocycles. The molecule has 2 heteroatoms. The number of hydrogen-bond acceptors (Lipinski definition) is 2. The van der Waals surface area contributed by atoms with Crippen molar-refractivity contribution in [3.63, 3.8) is 0 Å². The highest BCUT2D eigenvalue weighted by molar-refractivity contribution is 5.29. The minimum atomic E-state index is 0.809. The van der Waals surface area contributed by atoms with Crippen LogP contribution in [0.25, 0.3) is 0 Å². The molecule has 0 saturated heterocycles. The zero-order chi connectivity index (χ0) is 14.2. The van der Waals surface area contributed by atoms with Crippen LogP contribution in [-0.4, -0.2) is 4.98 Å². The number of aromatic nitrogens is 1. The smallest absolute Gasteiger partial charge is 0.0427 e. The molecule has 0 fully saturated rings. The van der Waals surface area contributed by atoms with Crippen LogP contribution >= 0.6 is 0 Å². The number of rotatable bonds is 6. The van der Waals surface area contributed by atoms with E-state index in [1.165, 1.54) is 5.56 Å².